The van der Waals surface area contributed by atoms with Gasteiger partial charge in [0, 0.05) is 24.5 Å². The topological polar surface area (TPSA) is 91.3 Å². The minimum atomic E-state index is -0.870. The van der Waals surface area contributed by atoms with E-state index in [-0.39, 0.29) is 12.5 Å². The van der Waals surface area contributed by atoms with Gasteiger partial charge in [-0.3, -0.25) is 9.78 Å². The van der Waals surface area contributed by atoms with Crippen LogP contribution in [0.4, 0.5) is 10.5 Å². The SMILES string of the molecule is O=C(O)CCCNC(=O)Nc1cccc2cccnc12. The number of carboxylic acids is 1. The zero-order valence-corrected chi connectivity index (χ0v) is 10.8. The zero-order valence-electron chi connectivity index (χ0n) is 10.8. The number of aromatic nitrogens is 1. The average Bonchev–Trinajstić information content (AvgIpc) is 2.44. The molecule has 6 heteroatoms. The summed E-state index contributed by atoms with van der Waals surface area (Å²) in [4.78, 5) is 26.3. The Kier molecular flexibility index (Phi) is 4.49. The molecule has 0 unspecified atom stereocenters. The number of aliphatic carboxylic acids is 1. The van der Waals surface area contributed by atoms with Gasteiger partial charge in [-0.25, -0.2) is 4.79 Å². The maximum absolute atomic E-state index is 11.7. The largest absolute Gasteiger partial charge is 0.481 e. The molecule has 3 N–H and O–H groups in total. The Morgan fingerprint density at radius 1 is 1.20 bits per heavy atom. The first-order valence-corrected chi connectivity index (χ1v) is 6.27. The lowest BCUT2D eigenvalue weighted by Crippen LogP contribution is -2.29. The van der Waals surface area contributed by atoms with Crippen molar-refractivity contribution in [3.05, 3.63) is 36.5 Å². The van der Waals surface area contributed by atoms with Crippen LogP contribution in [0.1, 0.15) is 12.8 Å². The van der Waals surface area contributed by atoms with E-state index < -0.39 is 5.97 Å². The molecule has 0 radical (unpaired) electrons. The van der Waals surface area contributed by atoms with Gasteiger partial charge in [0.2, 0.25) is 0 Å². The van der Waals surface area contributed by atoms with Crippen molar-refractivity contribution in [2.75, 3.05) is 11.9 Å². The molecule has 20 heavy (non-hydrogen) atoms. The third kappa shape index (κ3) is 3.68. The van der Waals surface area contributed by atoms with Crippen LogP contribution in [-0.2, 0) is 4.79 Å². The molecule has 0 fully saturated rings. The van der Waals surface area contributed by atoms with Crippen LogP contribution in [0.3, 0.4) is 0 Å². The second-order valence-electron chi connectivity index (χ2n) is 4.26. The van der Waals surface area contributed by atoms with Crippen LogP contribution >= 0.6 is 0 Å². The molecule has 0 aliphatic rings. The Balaban J connectivity index is 1.94. The fourth-order valence-corrected chi connectivity index (χ4v) is 1.81. The first-order valence-electron chi connectivity index (χ1n) is 6.27. The van der Waals surface area contributed by atoms with E-state index in [1.165, 1.54) is 0 Å². The van der Waals surface area contributed by atoms with Crippen molar-refractivity contribution in [3.8, 4) is 0 Å². The van der Waals surface area contributed by atoms with Gasteiger partial charge in [0.15, 0.2) is 0 Å². The Morgan fingerprint density at radius 2 is 2.00 bits per heavy atom. The van der Waals surface area contributed by atoms with E-state index in [0.29, 0.717) is 18.7 Å². The normalized spacial score (nSPS) is 10.2. The molecule has 0 atom stereocenters. The average molecular weight is 273 g/mol. The molecule has 6 nitrogen and oxygen atoms in total. The van der Waals surface area contributed by atoms with E-state index in [0.717, 1.165) is 10.9 Å². The molecular weight excluding hydrogens is 258 g/mol. The first-order chi connectivity index (χ1) is 9.66. The molecule has 2 amide bonds. The summed E-state index contributed by atoms with van der Waals surface area (Å²) in [5.74, 6) is -0.870. The quantitative estimate of drug-likeness (QED) is 0.728. The van der Waals surface area contributed by atoms with E-state index in [1.54, 1.807) is 12.3 Å². The smallest absolute Gasteiger partial charge is 0.319 e. The van der Waals surface area contributed by atoms with Crippen LogP contribution in [0.15, 0.2) is 36.5 Å². The standard InChI is InChI=1S/C14H15N3O3/c18-12(19)7-3-9-16-14(20)17-11-6-1-4-10-5-2-8-15-13(10)11/h1-2,4-6,8H,3,7,9H2,(H,18,19)(H2,16,17,20). The predicted molar refractivity (Wildman–Crippen MR) is 75.6 cm³/mol. The third-order valence-corrected chi connectivity index (χ3v) is 2.73. The molecule has 0 saturated heterocycles. The number of carboxylic acid groups (broad SMARTS) is 1. The lowest BCUT2D eigenvalue weighted by atomic mass is 10.2. The highest BCUT2D eigenvalue weighted by molar-refractivity contribution is 5.99. The third-order valence-electron chi connectivity index (χ3n) is 2.73. The van der Waals surface area contributed by atoms with E-state index >= 15 is 0 Å². The van der Waals surface area contributed by atoms with Gasteiger partial charge in [0.05, 0.1) is 11.2 Å². The molecule has 2 aromatic rings. The second-order valence-corrected chi connectivity index (χ2v) is 4.26. The van der Waals surface area contributed by atoms with Crippen molar-refractivity contribution in [2.45, 2.75) is 12.8 Å². The summed E-state index contributed by atoms with van der Waals surface area (Å²) in [6.45, 7) is 0.316. The highest BCUT2D eigenvalue weighted by Gasteiger charge is 2.06. The van der Waals surface area contributed by atoms with Gasteiger partial charge in [-0.05, 0) is 18.6 Å². The van der Waals surface area contributed by atoms with E-state index in [2.05, 4.69) is 15.6 Å². The lowest BCUT2D eigenvalue weighted by molar-refractivity contribution is -0.137. The highest BCUT2D eigenvalue weighted by atomic mass is 16.4. The van der Waals surface area contributed by atoms with Crippen molar-refractivity contribution < 1.29 is 14.7 Å². The molecule has 2 rings (SSSR count). The number of hydrogen-bond acceptors (Lipinski definition) is 3. The maximum Gasteiger partial charge on any atom is 0.319 e. The number of hydrogen-bond donors (Lipinski definition) is 3. The summed E-state index contributed by atoms with van der Waals surface area (Å²) in [6.07, 6.45) is 2.10. The van der Waals surface area contributed by atoms with Crippen molar-refractivity contribution in [1.29, 1.82) is 0 Å². The summed E-state index contributed by atoms with van der Waals surface area (Å²) in [5, 5.41) is 14.8. The number of rotatable bonds is 5. The fraction of sp³-hybridized carbons (Fsp3) is 0.214. The maximum atomic E-state index is 11.7. The predicted octanol–water partition coefficient (Wildman–Crippen LogP) is 2.22. The Bertz CT molecular complexity index is 623. The molecule has 0 aliphatic heterocycles. The first kappa shape index (κ1) is 13.8. The number of para-hydroxylation sites is 1. The number of nitrogens with one attached hydrogen (secondary N) is 2. The van der Waals surface area contributed by atoms with E-state index in [4.69, 9.17) is 5.11 Å². The molecule has 104 valence electrons. The van der Waals surface area contributed by atoms with Gasteiger partial charge in [-0.15, -0.1) is 0 Å². The number of carbonyl (C=O) groups excluding carboxylic acids is 1. The molecule has 1 heterocycles. The number of carbonyl (C=O) groups is 2. The fourth-order valence-electron chi connectivity index (χ4n) is 1.81. The van der Waals surface area contributed by atoms with E-state index in [9.17, 15) is 9.59 Å². The molecule has 0 aliphatic carbocycles. The van der Waals surface area contributed by atoms with E-state index in [1.807, 2.05) is 24.3 Å². The van der Waals surface area contributed by atoms with Gasteiger partial charge in [0.25, 0.3) is 0 Å². The number of fused-ring (bicyclic) bond motifs is 1. The highest BCUT2D eigenvalue weighted by Crippen LogP contribution is 2.20. The van der Waals surface area contributed by atoms with Crippen LogP contribution in [0.25, 0.3) is 10.9 Å². The zero-order chi connectivity index (χ0) is 14.4. The Hall–Kier alpha value is -2.63. The minimum absolute atomic E-state index is 0.0378. The van der Waals surface area contributed by atoms with Gasteiger partial charge in [-0.1, -0.05) is 18.2 Å². The number of benzene rings is 1. The summed E-state index contributed by atoms with van der Waals surface area (Å²) in [5.41, 5.74) is 1.34. The number of pyridine rings is 1. The van der Waals surface area contributed by atoms with Gasteiger partial charge in [-0.2, -0.15) is 0 Å². The van der Waals surface area contributed by atoms with Crippen LogP contribution in [0, 0.1) is 0 Å². The minimum Gasteiger partial charge on any atom is -0.481 e. The van der Waals surface area contributed by atoms with Crippen LogP contribution in [0.5, 0.6) is 0 Å². The number of amides is 2. The van der Waals surface area contributed by atoms with Crippen LogP contribution < -0.4 is 10.6 Å². The summed E-state index contributed by atoms with van der Waals surface area (Å²) in [6, 6.07) is 8.90. The molecule has 1 aromatic carbocycles. The molecular formula is C14H15N3O3. The van der Waals surface area contributed by atoms with Gasteiger partial charge in [0.1, 0.15) is 0 Å². The Labute approximate surface area is 115 Å². The van der Waals surface area contributed by atoms with Crippen molar-refractivity contribution in [3.63, 3.8) is 0 Å². The number of urea groups is 1. The van der Waals surface area contributed by atoms with Crippen LogP contribution in [-0.4, -0.2) is 28.6 Å². The monoisotopic (exact) mass is 273 g/mol. The molecule has 1 aromatic heterocycles. The summed E-state index contributed by atoms with van der Waals surface area (Å²) in [7, 11) is 0. The van der Waals surface area contributed by atoms with Crippen molar-refractivity contribution in [2.24, 2.45) is 0 Å². The van der Waals surface area contributed by atoms with Gasteiger partial charge >= 0.3 is 12.0 Å². The van der Waals surface area contributed by atoms with Crippen molar-refractivity contribution >= 4 is 28.6 Å². The van der Waals surface area contributed by atoms with Crippen LogP contribution in [0.2, 0.25) is 0 Å². The Morgan fingerprint density at radius 3 is 2.80 bits per heavy atom. The second kappa shape index (κ2) is 6.51. The van der Waals surface area contributed by atoms with Crippen molar-refractivity contribution in [1.82, 2.24) is 10.3 Å². The number of anilines is 1. The summed E-state index contributed by atoms with van der Waals surface area (Å²) < 4.78 is 0. The molecule has 0 bridgehead atoms. The number of nitrogens with zero attached hydrogens (tertiary/aromatic N) is 1. The van der Waals surface area contributed by atoms with Gasteiger partial charge < -0.3 is 15.7 Å². The molecule has 0 saturated carbocycles. The molecule has 0 spiro atoms. The summed E-state index contributed by atoms with van der Waals surface area (Å²) >= 11 is 0. The lowest BCUT2D eigenvalue weighted by Gasteiger charge is -2.09.